The normalized spacial score (nSPS) is 11.1. The highest BCUT2D eigenvalue weighted by molar-refractivity contribution is 6.33. The Morgan fingerprint density at radius 2 is 2.00 bits per heavy atom. The van der Waals surface area contributed by atoms with Crippen molar-refractivity contribution in [2.45, 2.75) is 0 Å². The van der Waals surface area contributed by atoms with Gasteiger partial charge in [0.25, 0.3) is 0 Å². The summed E-state index contributed by atoms with van der Waals surface area (Å²) in [5, 5.41) is 1.34. The second-order valence-electron chi connectivity index (χ2n) is 4.35. The smallest absolute Gasteiger partial charge is 0.145 e. The Morgan fingerprint density at radius 3 is 2.74 bits per heavy atom. The monoisotopic (exact) mass is 273 g/mol. The van der Waals surface area contributed by atoms with Crippen LogP contribution in [0.5, 0.6) is 0 Å². The van der Waals surface area contributed by atoms with Crippen LogP contribution in [0, 0.1) is 0 Å². The average molecular weight is 274 g/mol. The van der Waals surface area contributed by atoms with Gasteiger partial charge in [0, 0.05) is 18.8 Å². The lowest BCUT2D eigenvalue weighted by molar-refractivity contribution is 0.945. The van der Waals surface area contributed by atoms with Gasteiger partial charge in [0.15, 0.2) is 0 Å². The Bertz CT molecular complexity index is 778. The molecule has 0 saturated carbocycles. The predicted octanol–water partition coefficient (Wildman–Crippen LogP) is 2.45. The molecule has 0 unspecified atom stereocenters. The molecule has 0 fully saturated rings. The predicted molar refractivity (Wildman–Crippen MR) is 77.8 cm³/mol. The second-order valence-corrected chi connectivity index (χ2v) is 4.75. The number of rotatable bonds is 1. The summed E-state index contributed by atoms with van der Waals surface area (Å²) in [6, 6.07) is 5.50. The van der Waals surface area contributed by atoms with E-state index in [0.717, 1.165) is 22.2 Å². The van der Waals surface area contributed by atoms with Crippen molar-refractivity contribution < 1.29 is 0 Å². The van der Waals surface area contributed by atoms with E-state index in [1.807, 2.05) is 29.9 Å². The number of nitrogens with zero attached hydrogens (tertiary/aromatic N) is 3. The van der Waals surface area contributed by atoms with Crippen LogP contribution < -0.4 is 11.5 Å². The highest BCUT2D eigenvalue weighted by Gasteiger charge is 2.13. The largest absolute Gasteiger partial charge is 0.398 e. The van der Waals surface area contributed by atoms with E-state index in [1.54, 1.807) is 6.07 Å². The van der Waals surface area contributed by atoms with Gasteiger partial charge in [-0.3, -0.25) is 0 Å². The summed E-state index contributed by atoms with van der Waals surface area (Å²) < 4.78 is 1.91. The highest BCUT2D eigenvalue weighted by Crippen LogP contribution is 2.34. The summed E-state index contributed by atoms with van der Waals surface area (Å²) in [6.07, 6.45) is 3.41. The lowest BCUT2D eigenvalue weighted by Crippen LogP contribution is -1.94. The van der Waals surface area contributed by atoms with Gasteiger partial charge in [-0.05, 0) is 17.7 Å². The summed E-state index contributed by atoms with van der Waals surface area (Å²) in [5.74, 6) is 0.452. The number of hydrogen-bond acceptors (Lipinski definition) is 4. The molecule has 0 spiro atoms. The molecule has 0 radical (unpaired) electrons. The van der Waals surface area contributed by atoms with E-state index in [2.05, 4.69) is 9.97 Å². The molecular weight excluding hydrogens is 262 g/mol. The van der Waals surface area contributed by atoms with Gasteiger partial charge in [0.2, 0.25) is 0 Å². The van der Waals surface area contributed by atoms with Gasteiger partial charge in [0.05, 0.1) is 16.1 Å². The quantitative estimate of drug-likeness (QED) is 0.667. The van der Waals surface area contributed by atoms with Crippen LogP contribution in [0.25, 0.3) is 22.2 Å². The minimum atomic E-state index is 0.452. The van der Waals surface area contributed by atoms with Crippen LogP contribution in [0.2, 0.25) is 5.02 Å². The zero-order chi connectivity index (χ0) is 13.6. The molecule has 96 valence electrons. The van der Waals surface area contributed by atoms with Crippen LogP contribution in [0.15, 0.2) is 30.7 Å². The summed E-state index contributed by atoms with van der Waals surface area (Å²) in [5.41, 5.74) is 14.9. The van der Waals surface area contributed by atoms with Crippen LogP contribution in [0.4, 0.5) is 11.5 Å². The molecule has 4 N–H and O–H groups in total. The summed E-state index contributed by atoms with van der Waals surface area (Å²) >= 11 is 6.07. The van der Waals surface area contributed by atoms with Crippen LogP contribution >= 0.6 is 11.6 Å². The standard InChI is InChI=1S/C13H12ClN5/c1-19-5-8(7-2-3-10(15)9(14)4-7)11-12(16)17-6-18-13(11)19/h2-6H,15H2,1H3,(H2,16,17,18). The van der Waals surface area contributed by atoms with Crippen molar-refractivity contribution in [3.63, 3.8) is 0 Å². The van der Waals surface area contributed by atoms with Crippen molar-refractivity contribution in [1.29, 1.82) is 0 Å². The number of nitrogen functional groups attached to an aromatic ring is 2. The molecule has 2 heterocycles. The Labute approximate surface area is 114 Å². The molecule has 5 nitrogen and oxygen atoms in total. The first-order valence-electron chi connectivity index (χ1n) is 5.69. The van der Waals surface area contributed by atoms with Crippen LogP contribution in [-0.4, -0.2) is 14.5 Å². The van der Waals surface area contributed by atoms with Gasteiger partial charge in [-0.15, -0.1) is 0 Å². The molecule has 19 heavy (non-hydrogen) atoms. The maximum absolute atomic E-state index is 6.07. The Kier molecular flexibility index (Phi) is 2.57. The first kappa shape index (κ1) is 11.8. The maximum Gasteiger partial charge on any atom is 0.145 e. The van der Waals surface area contributed by atoms with Gasteiger partial charge in [-0.1, -0.05) is 17.7 Å². The number of halogens is 1. The van der Waals surface area contributed by atoms with E-state index >= 15 is 0 Å². The molecule has 0 aliphatic carbocycles. The third kappa shape index (κ3) is 1.79. The minimum absolute atomic E-state index is 0.452. The van der Waals surface area contributed by atoms with Crippen molar-refractivity contribution in [1.82, 2.24) is 14.5 Å². The second kappa shape index (κ2) is 4.13. The molecule has 0 aliphatic rings. The number of nitrogens with two attached hydrogens (primary N) is 2. The maximum atomic E-state index is 6.07. The van der Waals surface area contributed by atoms with Gasteiger partial charge in [-0.25, -0.2) is 9.97 Å². The van der Waals surface area contributed by atoms with Gasteiger partial charge in [0.1, 0.15) is 17.8 Å². The van der Waals surface area contributed by atoms with E-state index in [4.69, 9.17) is 23.1 Å². The molecule has 6 heteroatoms. The number of hydrogen-bond donors (Lipinski definition) is 2. The molecule has 0 saturated heterocycles. The zero-order valence-corrected chi connectivity index (χ0v) is 11.0. The first-order valence-corrected chi connectivity index (χ1v) is 6.06. The average Bonchev–Trinajstić information content (AvgIpc) is 2.72. The number of benzene rings is 1. The van der Waals surface area contributed by atoms with Gasteiger partial charge >= 0.3 is 0 Å². The summed E-state index contributed by atoms with van der Waals surface area (Å²) in [6.45, 7) is 0. The molecule has 3 aromatic rings. The van der Waals surface area contributed by atoms with Crippen molar-refractivity contribution in [2.24, 2.45) is 7.05 Å². The third-order valence-electron chi connectivity index (χ3n) is 3.09. The fourth-order valence-electron chi connectivity index (χ4n) is 2.15. The molecule has 1 aromatic carbocycles. The SMILES string of the molecule is Cn1cc(-c2ccc(N)c(Cl)c2)c2c(N)ncnc21. The fraction of sp³-hybridized carbons (Fsp3) is 0.0769. The zero-order valence-electron chi connectivity index (χ0n) is 10.3. The van der Waals surface area contributed by atoms with Crippen LogP contribution in [0.1, 0.15) is 0 Å². The number of aryl methyl sites for hydroxylation is 1. The van der Waals surface area contributed by atoms with E-state index in [0.29, 0.717) is 16.5 Å². The topological polar surface area (TPSA) is 82.8 Å². The van der Waals surface area contributed by atoms with E-state index in [9.17, 15) is 0 Å². The van der Waals surface area contributed by atoms with Gasteiger partial charge < -0.3 is 16.0 Å². The van der Waals surface area contributed by atoms with Gasteiger partial charge in [-0.2, -0.15) is 0 Å². The number of anilines is 2. The molecule has 0 aliphatic heterocycles. The lowest BCUT2D eigenvalue weighted by Gasteiger charge is -2.03. The van der Waals surface area contributed by atoms with Crippen LogP contribution in [0.3, 0.4) is 0 Å². The Morgan fingerprint density at radius 1 is 1.21 bits per heavy atom. The lowest BCUT2D eigenvalue weighted by atomic mass is 10.1. The molecule has 2 aromatic heterocycles. The molecular formula is C13H12ClN5. The summed E-state index contributed by atoms with van der Waals surface area (Å²) in [7, 11) is 1.91. The number of aromatic nitrogens is 3. The third-order valence-corrected chi connectivity index (χ3v) is 3.42. The molecule has 0 bridgehead atoms. The van der Waals surface area contributed by atoms with Crippen molar-refractivity contribution in [2.75, 3.05) is 11.5 Å². The first-order chi connectivity index (χ1) is 9.08. The minimum Gasteiger partial charge on any atom is -0.398 e. The molecule has 3 rings (SSSR count). The number of fused-ring (bicyclic) bond motifs is 1. The fourth-order valence-corrected chi connectivity index (χ4v) is 2.33. The summed E-state index contributed by atoms with van der Waals surface area (Å²) in [4.78, 5) is 8.28. The Hall–Kier alpha value is -2.27. The van der Waals surface area contributed by atoms with Crippen molar-refractivity contribution in [3.8, 4) is 11.1 Å². The molecule has 0 atom stereocenters. The van der Waals surface area contributed by atoms with Crippen LogP contribution in [-0.2, 0) is 7.05 Å². The Balaban J connectivity index is 2.33. The van der Waals surface area contributed by atoms with E-state index in [1.165, 1.54) is 6.33 Å². The van der Waals surface area contributed by atoms with Crippen molar-refractivity contribution >= 4 is 34.1 Å². The highest BCUT2D eigenvalue weighted by atomic mass is 35.5. The molecule has 0 amide bonds. The van der Waals surface area contributed by atoms with E-state index < -0.39 is 0 Å². The van der Waals surface area contributed by atoms with E-state index in [-0.39, 0.29) is 0 Å². The van der Waals surface area contributed by atoms with Crippen molar-refractivity contribution in [3.05, 3.63) is 35.7 Å².